The van der Waals surface area contributed by atoms with Crippen LogP contribution in [0.1, 0.15) is 50.2 Å². The van der Waals surface area contributed by atoms with E-state index in [0.29, 0.717) is 0 Å². The molecule has 1 nitrogen and oxygen atoms in total. The number of benzene rings is 2. The molecule has 0 heterocycles. The van der Waals surface area contributed by atoms with E-state index >= 15 is 0 Å². The highest BCUT2D eigenvalue weighted by atomic mass is 35.5. The van der Waals surface area contributed by atoms with Gasteiger partial charge >= 0.3 is 0 Å². The molecule has 2 heteroatoms. The molecule has 0 spiro atoms. The van der Waals surface area contributed by atoms with E-state index in [1.807, 2.05) is 61.5 Å². The van der Waals surface area contributed by atoms with Crippen LogP contribution in [-0.4, -0.2) is 6.29 Å². The average molecular weight is 355 g/mol. The van der Waals surface area contributed by atoms with Crippen LogP contribution in [0, 0.1) is 0 Å². The fraction of sp³-hybridized carbons (Fsp3) is 0.348. The fourth-order valence-electron chi connectivity index (χ4n) is 2.96. The summed E-state index contributed by atoms with van der Waals surface area (Å²) in [5.41, 5.74) is 1.76. The van der Waals surface area contributed by atoms with E-state index in [1.54, 1.807) is 0 Å². The number of hydrogen-bond donors (Lipinski definition) is 0. The lowest BCUT2D eigenvalue weighted by Crippen LogP contribution is -2.20. The van der Waals surface area contributed by atoms with Gasteiger partial charge in [-0.2, -0.15) is 0 Å². The van der Waals surface area contributed by atoms with Crippen LogP contribution in [0.15, 0.2) is 66.7 Å². The summed E-state index contributed by atoms with van der Waals surface area (Å²) < 4.78 is 0. The number of aryl methyl sites for hydroxylation is 1. The van der Waals surface area contributed by atoms with E-state index in [4.69, 9.17) is 11.6 Å². The minimum atomic E-state index is -0.523. The third-order valence-electron chi connectivity index (χ3n) is 4.63. The number of halogens is 1. The molecule has 0 unspecified atom stereocenters. The fourth-order valence-corrected chi connectivity index (χ4v) is 3.19. The lowest BCUT2D eigenvalue weighted by Gasteiger charge is -2.19. The van der Waals surface area contributed by atoms with E-state index in [2.05, 4.69) is 12.1 Å². The smallest absolute Gasteiger partial charge is 0.134 e. The van der Waals surface area contributed by atoms with Gasteiger partial charge in [0.1, 0.15) is 6.29 Å². The molecule has 0 aliphatic carbocycles. The number of rotatable bonds is 10. The van der Waals surface area contributed by atoms with Crippen molar-refractivity contribution in [1.29, 1.82) is 0 Å². The third-order valence-corrected chi connectivity index (χ3v) is 5.00. The summed E-state index contributed by atoms with van der Waals surface area (Å²) in [4.78, 5) is 11.5. The van der Waals surface area contributed by atoms with Gasteiger partial charge in [0.05, 0.1) is 5.41 Å². The van der Waals surface area contributed by atoms with Gasteiger partial charge in [0, 0.05) is 5.02 Å². The van der Waals surface area contributed by atoms with Crippen molar-refractivity contribution in [2.45, 2.75) is 50.9 Å². The molecular formula is C23H27ClO. The summed E-state index contributed by atoms with van der Waals surface area (Å²) >= 11 is 6.17. The Morgan fingerprint density at radius 3 is 2.32 bits per heavy atom. The van der Waals surface area contributed by atoms with Crippen molar-refractivity contribution >= 4 is 17.9 Å². The average Bonchev–Trinajstić information content (AvgIpc) is 2.65. The molecule has 2 aromatic rings. The van der Waals surface area contributed by atoms with Crippen molar-refractivity contribution in [3.63, 3.8) is 0 Å². The van der Waals surface area contributed by atoms with Crippen LogP contribution in [0.3, 0.4) is 0 Å². The Bertz CT molecular complexity index is 678. The molecule has 0 bridgehead atoms. The number of hydrogen-bond acceptors (Lipinski definition) is 1. The lowest BCUT2D eigenvalue weighted by molar-refractivity contribution is -0.110. The van der Waals surface area contributed by atoms with E-state index in [9.17, 15) is 4.79 Å². The molecule has 0 aliphatic heterocycles. The number of aldehydes is 1. The Balaban J connectivity index is 1.67. The van der Waals surface area contributed by atoms with Crippen molar-refractivity contribution in [3.05, 3.63) is 82.9 Å². The second kappa shape index (κ2) is 10.2. The van der Waals surface area contributed by atoms with E-state index in [-0.39, 0.29) is 0 Å². The molecule has 2 aromatic carbocycles. The molecule has 0 aromatic heterocycles. The molecule has 132 valence electrons. The van der Waals surface area contributed by atoms with Crippen LogP contribution >= 0.6 is 11.6 Å². The van der Waals surface area contributed by atoms with Crippen LogP contribution in [0.4, 0.5) is 0 Å². The van der Waals surface area contributed by atoms with Crippen LogP contribution in [0.2, 0.25) is 5.02 Å². The second-order valence-corrected chi connectivity index (χ2v) is 7.12. The summed E-state index contributed by atoms with van der Waals surface area (Å²) in [6, 6.07) is 18.0. The van der Waals surface area contributed by atoms with Crippen LogP contribution in [-0.2, 0) is 16.6 Å². The highest BCUT2D eigenvalue weighted by molar-refractivity contribution is 6.31. The van der Waals surface area contributed by atoms with Gasteiger partial charge in [-0.05, 0) is 49.8 Å². The molecule has 1 atom stereocenters. The second-order valence-electron chi connectivity index (χ2n) is 6.71. The molecular weight excluding hydrogens is 328 g/mol. The van der Waals surface area contributed by atoms with Gasteiger partial charge in [0.2, 0.25) is 0 Å². The van der Waals surface area contributed by atoms with Crippen molar-refractivity contribution in [3.8, 4) is 0 Å². The zero-order valence-corrected chi connectivity index (χ0v) is 15.7. The zero-order valence-electron chi connectivity index (χ0n) is 15.0. The highest BCUT2D eigenvalue weighted by Gasteiger charge is 2.21. The summed E-state index contributed by atoms with van der Waals surface area (Å²) in [6.07, 6.45) is 12.0. The first-order valence-electron chi connectivity index (χ1n) is 9.09. The largest absolute Gasteiger partial charge is 0.302 e. The van der Waals surface area contributed by atoms with Gasteiger partial charge in [0.15, 0.2) is 0 Å². The van der Waals surface area contributed by atoms with Crippen LogP contribution in [0.25, 0.3) is 0 Å². The molecule has 0 radical (unpaired) electrons. The number of allylic oxidation sites excluding steroid dienone is 2. The SMILES string of the molecule is C[C@@](C=O)(/C=C/CCCCCCc1ccccc1Cl)c1ccccc1. The summed E-state index contributed by atoms with van der Waals surface area (Å²) in [5, 5.41) is 0.875. The standard InChI is InChI=1S/C23H27ClO/c1-23(19-25,21-15-8-6-9-16-21)18-12-5-3-2-4-7-13-20-14-10-11-17-22(20)24/h6,8-12,14-19H,2-5,7,13H2,1H3/b18-12+/t23-/m0/s1. The zero-order chi connectivity index (χ0) is 18.0. The minimum absolute atomic E-state index is 0.523. The predicted molar refractivity (Wildman–Crippen MR) is 107 cm³/mol. The molecule has 25 heavy (non-hydrogen) atoms. The van der Waals surface area contributed by atoms with Crippen molar-refractivity contribution in [1.82, 2.24) is 0 Å². The van der Waals surface area contributed by atoms with Crippen molar-refractivity contribution < 1.29 is 4.79 Å². The van der Waals surface area contributed by atoms with Crippen LogP contribution < -0.4 is 0 Å². The molecule has 0 N–H and O–H groups in total. The van der Waals surface area contributed by atoms with Gasteiger partial charge in [-0.25, -0.2) is 0 Å². The Morgan fingerprint density at radius 2 is 1.60 bits per heavy atom. The molecule has 0 saturated carbocycles. The molecule has 0 saturated heterocycles. The van der Waals surface area contributed by atoms with Crippen molar-refractivity contribution in [2.24, 2.45) is 0 Å². The molecule has 0 fully saturated rings. The summed E-state index contributed by atoms with van der Waals surface area (Å²) in [7, 11) is 0. The van der Waals surface area contributed by atoms with Crippen LogP contribution in [0.5, 0.6) is 0 Å². The maximum atomic E-state index is 11.5. The van der Waals surface area contributed by atoms with Gasteiger partial charge in [0.25, 0.3) is 0 Å². The van der Waals surface area contributed by atoms with Crippen molar-refractivity contribution in [2.75, 3.05) is 0 Å². The Kier molecular flexibility index (Phi) is 7.94. The first-order valence-corrected chi connectivity index (χ1v) is 9.46. The van der Waals surface area contributed by atoms with E-state index in [1.165, 1.54) is 24.8 Å². The highest BCUT2D eigenvalue weighted by Crippen LogP contribution is 2.23. The first kappa shape index (κ1) is 19.5. The van der Waals surface area contributed by atoms with E-state index in [0.717, 1.165) is 36.1 Å². The predicted octanol–water partition coefficient (Wildman–Crippen LogP) is 6.55. The van der Waals surface area contributed by atoms with Gasteiger partial charge in [-0.1, -0.05) is 85.1 Å². The number of carbonyl (C=O) groups is 1. The number of unbranched alkanes of at least 4 members (excludes halogenated alkanes) is 4. The van der Waals surface area contributed by atoms with Gasteiger partial charge < -0.3 is 4.79 Å². The van der Waals surface area contributed by atoms with Gasteiger partial charge in [-0.3, -0.25) is 0 Å². The van der Waals surface area contributed by atoms with E-state index < -0.39 is 5.41 Å². The third kappa shape index (κ3) is 6.17. The minimum Gasteiger partial charge on any atom is -0.302 e. The Hall–Kier alpha value is -1.86. The summed E-state index contributed by atoms with van der Waals surface area (Å²) in [5.74, 6) is 0. The summed E-state index contributed by atoms with van der Waals surface area (Å²) in [6.45, 7) is 1.97. The molecule has 0 aliphatic rings. The maximum Gasteiger partial charge on any atom is 0.134 e. The monoisotopic (exact) mass is 354 g/mol. The Morgan fingerprint density at radius 1 is 0.920 bits per heavy atom. The maximum absolute atomic E-state index is 11.5. The quantitative estimate of drug-likeness (QED) is 0.269. The Labute approximate surface area is 156 Å². The normalized spacial score (nSPS) is 13.7. The molecule has 2 rings (SSSR count). The molecule has 0 amide bonds. The number of carbonyl (C=O) groups excluding carboxylic acids is 1. The topological polar surface area (TPSA) is 17.1 Å². The van der Waals surface area contributed by atoms with Gasteiger partial charge in [-0.15, -0.1) is 0 Å². The lowest BCUT2D eigenvalue weighted by atomic mass is 9.83. The first-order chi connectivity index (χ1) is 12.2.